The quantitative estimate of drug-likeness (QED) is 0.697. The standard InChI is InChI=1S/C12H18N2O/c1-9-12(10(2)15)8-13-14(9)11-6-4-3-5-7-11/h8,11H,3-7H2,1-2H3. The van der Waals surface area contributed by atoms with Gasteiger partial charge in [0.2, 0.25) is 0 Å². The average Bonchev–Trinajstić information content (AvgIpc) is 2.61. The second kappa shape index (κ2) is 4.17. The highest BCUT2D eigenvalue weighted by Gasteiger charge is 2.19. The lowest BCUT2D eigenvalue weighted by Crippen LogP contribution is -2.15. The summed E-state index contributed by atoms with van der Waals surface area (Å²) in [6.07, 6.45) is 8.06. The molecule has 1 saturated carbocycles. The monoisotopic (exact) mass is 206 g/mol. The van der Waals surface area contributed by atoms with Crippen LogP contribution in [0.1, 0.15) is 61.1 Å². The Bertz CT molecular complexity index is 362. The number of hydrogen-bond donors (Lipinski definition) is 0. The highest BCUT2D eigenvalue weighted by Crippen LogP contribution is 2.29. The number of carbonyl (C=O) groups is 1. The third-order valence-corrected chi connectivity index (χ3v) is 3.34. The van der Waals surface area contributed by atoms with Crippen molar-refractivity contribution in [2.24, 2.45) is 0 Å². The first-order valence-electron chi connectivity index (χ1n) is 5.75. The first kappa shape index (κ1) is 10.4. The van der Waals surface area contributed by atoms with Crippen LogP contribution in [0.15, 0.2) is 6.20 Å². The van der Waals surface area contributed by atoms with E-state index in [0.29, 0.717) is 6.04 Å². The minimum absolute atomic E-state index is 0.120. The number of rotatable bonds is 2. The Morgan fingerprint density at radius 2 is 2.07 bits per heavy atom. The number of hydrogen-bond acceptors (Lipinski definition) is 2. The zero-order valence-electron chi connectivity index (χ0n) is 9.49. The van der Waals surface area contributed by atoms with Crippen LogP contribution in [-0.4, -0.2) is 15.6 Å². The van der Waals surface area contributed by atoms with Gasteiger partial charge in [-0.1, -0.05) is 19.3 Å². The fourth-order valence-corrected chi connectivity index (χ4v) is 2.46. The molecule has 0 saturated heterocycles. The van der Waals surface area contributed by atoms with Crippen molar-refractivity contribution in [1.82, 2.24) is 9.78 Å². The number of aromatic nitrogens is 2. The van der Waals surface area contributed by atoms with Crippen LogP contribution >= 0.6 is 0 Å². The Labute approximate surface area is 90.5 Å². The van der Waals surface area contributed by atoms with E-state index in [4.69, 9.17) is 0 Å². The Morgan fingerprint density at radius 3 is 2.60 bits per heavy atom. The van der Waals surface area contributed by atoms with Gasteiger partial charge < -0.3 is 0 Å². The molecule has 3 nitrogen and oxygen atoms in total. The summed E-state index contributed by atoms with van der Waals surface area (Å²) in [4.78, 5) is 11.3. The van der Waals surface area contributed by atoms with Crippen LogP contribution in [-0.2, 0) is 0 Å². The van der Waals surface area contributed by atoms with Gasteiger partial charge in [0.15, 0.2) is 5.78 Å². The van der Waals surface area contributed by atoms with Gasteiger partial charge in [-0.15, -0.1) is 0 Å². The summed E-state index contributed by atoms with van der Waals surface area (Å²) < 4.78 is 2.05. The molecule has 0 amide bonds. The topological polar surface area (TPSA) is 34.9 Å². The van der Waals surface area contributed by atoms with Crippen molar-refractivity contribution in [3.8, 4) is 0 Å². The highest BCUT2D eigenvalue weighted by molar-refractivity contribution is 5.94. The van der Waals surface area contributed by atoms with Crippen molar-refractivity contribution in [2.75, 3.05) is 0 Å². The minimum atomic E-state index is 0.120. The first-order chi connectivity index (χ1) is 7.20. The molecule has 0 N–H and O–H groups in total. The second-order valence-electron chi connectivity index (χ2n) is 4.44. The molecule has 0 atom stereocenters. The number of ketones is 1. The summed E-state index contributed by atoms with van der Waals surface area (Å²) in [6, 6.07) is 0.520. The van der Waals surface area contributed by atoms with Gasteiger partial charge in [-0.3, -0.25) is 9.48 Å². The number of nitrogens with zero attached hydrogens (tertiary/aromatic N) is 2. The molecule has 1 aliphatic rings. The lowest BCUT2D eigenvalue weighted by Gasteiger charge is -2.23. The summed E-state index contributed by atoms with van der Waals surface area (Å²) >= 11 is 0. The number of carbonyl (C=O) groups excluding carboxylic acids is 1. The largest absolute Gasteiger partial charge is 0.294 e. The van der Waals surface area contributed by atoms with Crippen molar-refractivity contribution in [2.45, 2.75) is 52.0 Å². The molecule has 0 aromatic carbocycles. The van der Waals surface area contributed by atoms with Crippen LogP contribution in [0.4, 0.5) is 0 Å². The Morgan fingerprint density at radius 1 is 1.40 bits per heavy atom. The van der Waals surface area contributed by atoms with Gasteiger partial charge in [-0.05, 0) is 26.7 Å². The molecule has 0 unspecified atom stereocenters. The fraction of sp³-hybridized carbons (Fsp3) is 0.667. The molecular formula is C12H18N2O. The average molecular weight is 206 g/mol. The molecule has 1 fully saturated rings. The van der Waals surface area contributed by atoms with Gasteiger partial charge in [0, 0.05) is 5.69 Å². The Hall–Kier alpha value is -1.12. The lowest BCUT2D eigenvalue weighted by atomic mass is 9.95. The molecule has 1 aromatic heterocycles. The summed E-state index contributed by atoms with van der Waals surface area (Å²) in [5.41, 5.74) is 1.81. The fourth-order valence-electron chi connectivity index (χ4n) is 2.46. The van der Waals surface area contributed by atoms with Crippen LogP contribution in [0.3, 0.4) is 0 Å². The number of Topliss-reactive ketones (excluding diaryl/α,β-unsaturated/α-hetero) is 1. The van der Waals surface area contributed by atoms with Crippen molar-refractivity contribution < 1.29 is 4.79 Å². The smallest absolute Gasteiger partial charge is 0.163 e. The summed E-state index contributed by atoms with van der Waals surface area (Å²) in [7, 11) is 0. The van der Waals surface area contributed by atoms with E-state index in [-0.39, 0.29) is 5.78 Å². The maximum atomic E-state index is 11.3. The molecule has 82 valence electrons. The van der Waals surface area contributed by atoms with Gasteiger partial charge in [-0.25, -0.2) is 0 Å². The molecule has 1 aliphatic carbocycles. The molecular weight excluding hydrogens is 188 g/mol. The zero-order chi connectivity index (χ0) is 10.8. The predicted octanol–water partition coefficient (Wildman–Crippen LogP) is 2.90. The van der Waals surface area contributed by atoms with Crippen molar-refractivity contribution in [1.29, 1.82) is 0 Å². The van der Waals surface area contributed by atoms with Crippen LogP contribution in [0, 0.1) is 6.92 Å². The summed E-state index contributed by atoms with van der Waals surface area (Å²) in [5.74, 6) is 0.120. The Kier molecular flexibility index (Phi) is 2.89. The van der Waals surface area contributed by atoms with Gasteiger partial charge >= 0.3 is 0 Å². The predicted molar refractivity (Wildman–Crippen MR) is 59.1 cm³/mol. The van der Waals surface area contributed by atoms with E-state index in [2.05, 4.69) is 9.78 Å². The van der Waals surface area contributed by atoms with E-state index in [0.717, 1.165) is 11.3 Å². The van der Waals surface area contributed by atoms with Gasteiger partial charge in [-0.2, -0.15) is 5.10 Å². The SMILES string of the molecule is CC(=O)c1cnn(C2CCCCC2)c1C. The molecule has 1 heterocycles. The van der Waals surface area contributed by atoms with Crippen molar-refractivity contribution in [3.63, 3.8) is 0 Å². The Balaban J connectivity index is 2.24. The third-order valence-electron chi connectivity index (χ3n) is 3.34. The molecule has 1 aromatic rings. The molecule has 0 radical (unpaired) electrons. The molecule has 0 aliphatic heterocycles. The third kappa shape index (κ3) is 1.96. The van der Waals surface area contributed by atoms with Gasteiger partial charge in [0.05, 0.1) is 17.8 Å². The first-order valence-corrected chi connectivity index (χ1v) is 5.75. The zero-order valence-corrected chi connectivity index (χ0v) is 9.49. The molecule has 3 heteroatoms. The van der Waals surface area contributed by atoms with Crippen LogP contribution < -0.4 is 0 Å². The van der Waals surface area contributed by atoms with Crippen molar-refractivity contribution in [3.05, 3.63) is 17.5 Å². The van der Waals surface area contributed by atoms with E-state index < -0.39 is 0 Å². The van der Waals surface area contributed by atoms with Crippen LogP contribution in [0.25, 0.3) is 0 Å². The highest BCUT2D eigenvalue weighted by atomic mass is 16.1. The summed E-state index contributed by atoms with van der Waals surface area (Å²) in [6.45, 7) is 3.60. The molecule has 2 rings (SSSR count). The second-order valence-corrected chi connectivity index (χ2v) is 4.44. The van der Waals surface area contributed by atoms with E-state index in [1.807, 2.05) is 6.92 Å². The van der Waals surface area contributed by atoms with E-state index >= 15 is 0 Å². The van der Waals surface area contributed by atoms with Crippen molar-refractivity contribution >= 4 is 5.78 Å². The van der Waals surface area contributed by atoms with Crippen LogP contribution in [0.2, 0.25) is 0 Å². The van der Waals surface area contributed by atoms with E-state index in [1.165, 1.54) is 32.1 Å². The summed E-state index contributed by atoms with van der Waals surface area (Å²) in [5, 5.41) is 4.36. The lowest BCUT2D eigenvalue weighted by molar-refractivity contribution is 0.101. The van der Waals surface area contributed by atoms with Gasteiger partial charge in [0.25, 0.3) is 0 Å². The maximum absolute atomic E-state index is 11.3. The van der Waals surface area contributed by atoms with E-state index in [9.17, 15) is 4.79 Å². The molecule has 15 heavy (non-hydrogen) atoms. The van der Waals surface area contributed by atoms with Gasteiger partial charge in [0.1, 0.15) is 0 Å². The minimum Gasteiger partial charge on any atom is -0.294 e. The normalized spacial score (nSPS) is 18.0. The van der Waals surface area contributed by atoms with Crippen LogP contribution in [0.5, 0.6) is 0 Å². The molecule has 0 bridgehead atoms. The maximum Gasteiger partial charge on any atom is 0.163 e. The van der Waals surface area contributed by atoms with E-state index in [1.54, 1.807) is 13.1 Å². The molecule has 0 spiro atoms.